The molecule has 0 aliphatic heterocycles. The first-order valence-corrected chi connectivity index (χ1v) is 6.14. The highest BCUT2D eigenvalue weighted by Crippen LogP contribution is 2.40. The maximum absolute atomic E-state index is 12.0. The maximum Gasteiger partial charge on any atom is 0.294 e. The number of fused-ring (bicyclic) bond motifs is 1. The van der Waals surface area contributed by atoms with Crippen LogP contribution in [-0.2, 0) is 0 Å². The van der Waals surface area contributed by atoms with Crippen molar-refractivity contribution in [2.45, 2.75) is 0 Å². The van der Waals surface area contributed by atoms with Gasteiger partial charge >= 0.3 is 0 Å². The van der Waals surface area contributed by atoms with Crippen molar-refractivity contribution in [1.82, 2.24) is 0 Å². The van der Waals surface area contributed by atoms with E-state index in [0.717, 1.165) is 12.1 Å². The van der Waals surface area contributed by atoms with Crippen LogP contribution in [0.2, 0.25) is 0 Å². The molecule has 1 aromatic heterocycles. The third-order valence-corrected chi connectivity index (χ3v) is 2.98. The SMILES string of the molecule is O=c1cc(Oc2ccc(O)cc2)oc2cc(O)c(O)c(O)c12. The topological polar surface area (TPSA) is 120 Å². The Morgan fingerprint density at radius 3 is 2.27 bits per heavy atom. The number of hydrogen-bond acceptors (Lipinski definition) is 7. The highest BCUT2D eigenvalue weighted by Gasteiger charge is 2.17. The highest BCUT2D eigenvalue weighted by atomic mass is 16.6. The van der Waals surface area contributed by atoms with Crippen molar-refractivity contribution in [3.63, 3.8) is 0 Å². The Morgan fingerprint density at radius 1 is 0.909 bits per heavy atom. The van der Waals surface area contributed by atoms with Crippen molar-refractivity contribution in [1.29, 1.82) is 0 Å². The predicted molar refractivity (Wildman–Crippen MR) is 75.7 cm³/mol. The van der Waals surface area contributed by atoms with E-state index in [4.69, 9.17) is 9.15 Å². The van der Waals surface area contributed by atoms with Gasteiger partial charge in [-0.05, 0) is 24.3 Å². The zero-order valence-corrected chi connectivity index (χ0v) is 11.0. The van der Waals surface area contributed by atoms with Crippen LogP contribution in [-0.4, -0.2) is 20.4 Å². The van der Waals surface area contributed by atoms with Crippen LogP contribution in [0.15, 0.2) is 45.6 Å². The van der Waals surface area contributed by atoms with Gasteiger partial charge in [-0.2, -0.15) is 0 Å². The fourth-order valence-corrected chi connectivity index (χ4v) is 1.94. The molecule has 0 saturated heterocycles. The molecule has 0 atom stereocenters. The molecule has 0 unspecified atom stereocenters. The quantitative estimate of drug-likeness (QED) is 0.536. The van der Waals surface area contributed by atoms with Crippen LogP contribution >= 0.6 is 0 Å². The summed E-state index contributed by atoms with van der Waals surface area (Å²) in [4.78, 5) is 12.0. The van der Waals surface area contributed by atoms with Gasteiger partial charge in [0.1, 0.15) is 22.5 Å². The zero-order chi connectivity index (χ0) is 15.9. The Balaban J connectivity index is 2.11. The molecule has 2 aromatic carbocycles. The molecule has 22 heavy (non-hydrogen) atoms. The minimum Gasteiger partial charge on any atom is -0.508 e. The first kappa shape index (κ1) is 13.6. The van der Waals surface area contributed by atoms with Crippen LogP contribution in [0.25, 0.3) is 11.0 Å². The highest BCUT2D eigenvalue weighted by molar-refractivity contribution is 5.88. The van der Waals surface area contributed by atoms with E-state index >= 15 is 0 Å². The second-order valence-electron chi connectivity index (χ2n) is 4.49. The lowest BCUT2D eigenvalue weighted by Gasteiger charge is -2.07. The number of hydrogen-bond donors (Lipinski definition) is 4. The molecular weight excluding hydrogens is 292 g/mol. The van der Waals surface area contributed by atoms with Crippen molar-refractivity contribution in [2.75, 3.05) is 0 Å². The molecule has 112 valence electrons. The van der Waals surface area contributed by atoms with Crippen LogP contribution in [0.4, 0.5) is 0 Å². The number of ether oxygens (including phenoxy) is 1. The molecule has 0 radical (unpaired) electrons. The van der Waals surface area contributed by atoms with Crippen molar-refractivity contribution >= 4 is 11.0 Å². The van der Waals surface area contributed by atoms with E-state index in [0.29, 0.717) is 5.75 Å². The van der Waals surface area contributed by atoms with Crippen LogP contribution in [0.1, 0.15) is 0 Å². The van der Waals surface area contributed by atoms with Crippen molar-refractivity contribution < 1.29 is 29.6 Å². The first-order chi connectivity index (χ1) is 10.5. The summed E-state index contributed by atoms with van der Waals surface area (Å²) < 4.78 is 10.6. The van der Waals surface area contributed by atoms with Crippen LogP contribution < -0.4 is 10.2 Å². The van der Waals surface area contributed by atoms with Gasteiger partial charge in [0.15, 0.2) is 11.5 Å². The Labute approximate surface area is 122 Å². The second-order valence-corrected chi connectivity index (χ2v) is 4.49. The van der Waals surface area contributed by atoms with Crippen molar-refractivity contribution in [3.05, 3.63) is 46.6 Å². The summed E-state index contributed by atoms with van der Waals surface area (Å²) in [5.74, 6) is -2.00. The lowest BCUT2D eigenvalue weighted by atomic mass is 10.2. The monoisotopic (exact) mass is 302 g/mol. The van der Waals surface area contributed by atoms with E-state index in [9.17, 15) is 25.2 Å². The number of phenolic OH excluding ortho intramolecular Hbond substituents is 4. The van der Waals surface area contributed by atoms with Gasteiger partial charge in [-0.25, -0.2) is 0 Å². The Morgan fingerprint density at radius 2 is 1.59 bits per heavy atom. The molecular formula is C15H10O7. The fraction of sp³-hybridized carbons (Fsp3) is 0. The number of rotatable bonds is 2. The minimum atomic E-state index is -0.799. The predicted octanol–water partition coefficient (Wildman–Crippen LogP) is 2.41. The second kappa shape index (κ2) is 4.88. The van der Waals surface area contributed by atoms with Crippen LogP contribution in [0, 0.1) is 0 Å². The van der Waals surface area contributed by atoms with Gasteiger partial charge in [0.25, 0.3) is 5.95 Å². The Bertz CT molecular complexity index is 910. The van der Waals surface area contributed by atoms with Crippen molar-refractivity contribution in [3.8, 4) is 34.7 Å². The van der Waals surface area contributed by atoms with Crippen LogP contribution in [0.3, 0.4) is 0 Å². The summed E-state index contributed by atoms with van der Waals surface area (Å²) in [5, 5.41) is 37.5. The third-order valence-electron chi connectivity index (χ3n) is 2.98. The van der Waals surface area contributed by atoms with E-state index in [2.05, 4.69) is 0 Å². The van der Waals surface area contributed by atoms with Crippen LogP contribution in [0.5, 0.6) is 34.7 Å². The minimum absolute atomic E-state index is 0.0534. The van der Waals surface area contributed by atoms with E-state index in [1.165, 1.54) is 24.3 Å². The lowest BCUT2D eigenvalue weighted by Crippen LogP contribution is -2.01. The number of aromatic hydroxyl groups is 4. The van der Waals surface area contributed by atoms with Gasteiger partial charge in [-0.15, -0.1) is 0 Å². The summed E-state index contributed by atoms with van der Waals surface area (Å²) in [6.07, 6.45) is 0. The Hall–Kier alpha value is -3.35. The summed E-state index contributed by atoms with van der Waals surface area (Å²) in [6.45, 7) is 0. The van der Waals surface area contributed by atoms with E-state index < -0.39 is 22.7 Å². The molecule has 0 amide bonds. The molecule has 3 aromatic rings. The first-order valence-electron chi connectivity index (χ1n) is 6.14. The normalized spacial score (nSPS) is 10.7. The third kappa shape index (κ3) is 2.24. The van der Waals surface area contributed by atoms with Crippen molar-refractivity contribution in [2.24, 2.45) is 0 Å². The van der Waals surface area contributed by atoms with E-state index in [1.807, 2.05) is 0 Å². The van der Waals surface area contributed by atoms with Gasteiger partial charge in [0.05, 0.1) is 6.07 Å². The summed E-state index contributed by atoms with van der Waals surface area (Å²) in [5.41, 5.74) is -0.795. The largest absolute Gasteiger partial charge is 0.508 e. The lowest BCUT2D eigenvalue weighted by molar-refractivity contribution is 0.347. The zero-order valence-electron chi connectivity index (χ0n) is 11.0. The van der Waals surface area contributed by atoms with E-state index in [-0.39, 0.29) is 22.7 Å². The molecule has 0 saturated carbocycles. The molecule has 4 N–H and O–H groups in total. The van der Waals surface area contributed by atoms with Gasteiger partial charge < -0.3 is 29.6 Å². The van der Waals surface area contributed by atoms with Gasteiger partial charge in [0.2, 0.25) is 11.2 Å². The smallest absolute Gasteiger partial charge is 0.294 e. The number of phenols is 4. The Kier molecular flexibility index (Phi) is 3.03. The summed E-state index contributed by atoms with van der Waals surface area (Å²) in [6, 6.07) is 7.70. The number of benzene rings is 2. The summed E-state index contributed by atoms with van der Waals surface area (Å²) >= 11 is 0. The summed E-state index contributed by atoms with van der Waals surface area (Å²) in [7, 11) is 0. The molecule has 7 heteroatoms. The molecule has 0 aliphatic rings. The van der Waals surface area contributed by atoms with Gasteiger partial charge in [-0.3, -0.25) is 4.79 Å². The molecule has 7 nitrogen and oxygen atoms in total. The molecule has 1 heterocycles. The molecule has 0 spiro atoms. The molecule has 0 fully saturated rings. The average Bonchev–Trinajstić information content (AvgIpc) is 2.47. The molecule has 3 rings (SSSR count). The van der Waals surface area contributed by atoms with Gasteiger partial charge in [0, 0.05) is 6.07 Å². The van der Waals surface area contributed by atoms with Gasteiger partial charge in [-0.1, -0.05) is 0 Å². The standard InChI is InChI=1S/C15H10O7/c16-7-1-3-8(4-2-7)21-12-6-9(17)13-11(22-12)5-10(18)14(19)15(13)20/h1-6,16,18-20H. The van der Waals surface area contributed by atoms with E-state index in [1.54, 1.807) is 0 Å². The fourth-order valence-electron chi connectivity index (χ4n) is 1.94. The molecule has 0 bridgehead atoms. The molecule has 0 aliphatic carbocycles. The average molecular weight is 302 g/mol. The maximum atomic E-state index is 12.0.